The SMILES string of the molecule is CCCCOc1ncc2[nH]c(=O)n(Cc3ccc(C(F)(F)F)cc3)c2n1. The highest BCUT2D eigenvalue weighted by Gasteiger charge is 2.29. The summed E-state index contributed by atoms with van der Waals surface area (Å²) in [5.74, 6) is 0. The summed E-state index contributed by atoms with van der Waals surface area (Å²) in [5.41, 5.74) is 0.176. The van der Waals surface area contributed by atoms with Crippen LogP contribution < -0.4 is 10.4 Å². The van der Waals surface area contributed by atoms with Crippen LogP contribution in [0.2, 0.25) is 0 Å². The van der Waals surface area contributed by atoms with Gasteiger partial charge in [0.15, 0.2) is 5.65 Å². The number of hydrogen-bond donors (Lipinski definition) is 1. The van der Waals surface area contributed by atoms with Gasteiger partial charge in [-0.2, -0.15) is 18.2 Å². The van der Waals surface area contributed by atoms with Crippen molar-refractivity contribution in [1.82, 2.24) is 19.5 Å². The van der Waals surface area contributed by atoms with Gasteiger partial charge in [-0.15, -0.1) is 0 Å². The van der Waals surface area contributed by atoms with E-state index in [4.69, 9.17) is 4.74 Å². The van der Waals surface area contributed by atoms with Gasteiger partial charge in [0, 0.05) is 0 Å². The summed E-state index contributed by atoms with van der Waals surface area (Å²) in [6.45, 7) is 2.58. The third kappa shape index (κ3) is 3.87. The van der Waals surface area contributed by atoms with Crippen LogP contribution in [0, 0.1) is 0 Å². The number of aromatic amines is 1. The first-order chi connectivity index (χ1) is 12.4. The zero-order valence-corrected chi connectivity index (χ0v) is 14.0. The Balaban J connectivity index is 1.88. The van der Waals surface area contributed by atoms with Gasteiger partial charge in [-0.3, -0.25) is 4.57 Å². The van der Waals surface area contributed by atoms with Gasteiger partial charge in [-0.05, 0) is 24.1 Å². The van der Waals surface area contributed by atoms with E-state index in [2.05, 4.69) is 15.0 Å². The number of ether oxygens (including phenoxy) is 1. The molecule has 3 aromatic rings. The molecule has 0 radical (unpaired) electrons. The first kappa shape index (κ1) is 18.0. The van der Waals surface area contributed by atoms with Crippen molar-refractivity contribution in [3.8, 4) is 6.01 Å². The molecule has 0 aliphatic rings. The molecular weight excluding hydrogens is 349 g/mol. The third-order valence-electron chi connectivity index (χ3n) is 3.84. The van der Waals surface area contributed by atoms with Gasteiger partial charge in [0.05, 0.1) is 24.9 Å². The minimum atomic E-state index is -4.39. The van der Waals surface area contributed by atoms with Gasteiger partial charge < -0.3 is 9.72 Å². The van der Waals surface area contributed by atoms with E-state index in [0.29, 0.717) is 23.3 Å². The maximum absolute atomic E-state index is 12.7. The van der Waals surface area contributed by atoms with Crippen LogP contribution >= 0.6 is 0 Å². The lowest BCUT2D eigenvalue weighted by atomic mass is 10.1. The van der Waals surface area contributed by atoms with E-state index in [1.807, 2.05) is 6.92 Å². The number of nitrogens with one attached hydrogen (secondary N) is 1. The molecule has 3 rings (SSSR count). The molecule has 0 unspecified atom stereocenters. The van der Waals surface area contributed by atoms with Gasteiger partial charge >= 0.3 is 17.9 Å². The summed E-state index contributed by atoms with van der Waals surface area (Å²) in [5, 5.41) is 0. The summed E-state index contributed by atoms with van der Waals surface area (Å²) in [7, 11) is 0. The van der Waals surface area contributed by atoms with Crippen LogP contribution in [-0.4, -0.2) is 26.1 Å². The normalized spacial score (nSPS) is 11.8. The molecule has 2 heterocycles. The van der Waals surface area contributed by atoms with Crippen LogP contribution in [-0.2, 0) is 12.7 Å². The number of alkyl halides is 3. The molecule has 0 fully saturated rings. The molecule has 0 saturated carbocycles. The number of halogens is 3. The van der Waals surface area contributed by atoms with E-state index in [-0.39, 0.29) is 12.6 Å². The summed E-state index contributed by atoms with van der Waals surface area (Å²) in [4.78, 5) is 23.1. The number of rotatable bonds is 6. The fraction of sp³-hybridized carbons (Fsp3) is 0.353. The largest absolute Gasteiger partial charge is 0.463 e. The maximum Gasteiger partial charge on any atom is 0.416 e. The van der Waals surface area contributed by atoms with Gasteiger partial charge in [-0.25, -0.2) is 9.78 Å². The first-order valence-corrected chi connectivity index (χ1v) is 8.13. The van der Waals surface area contributed by atoms with E-state index in [1.54, 1.807) is 0 Å². The molecule has 26 heavy (non-hydrogen) atoms. The summed E-state index contributed by atoms with van der Waals surface area (Å²) < 4.78 is 44.7. The van der Waals surface area contributed by atoms with Crippen molar-refractivity contribution in [3.63, 3.8) is 0 Å². The molecule has 1 aromatic carbocycles. The Morgan fingerprint density at radius 1 is 1.23 bits per heavy atom. The predicted molar refractivity (Wildman–Crippen MR) is 89.1 cm³/mol. The van der Waals surface area contributed by atoms with Crippen LogP contribution in [0.1, 0.15) is 30.9 Å². The fourth-order valence-corrected chi connectivity index (χ4v) is 2.44. The highest BCUT2D eigenvalue weighted by molar-refractivity contribution is 5.69. The molecule has 0 atom stereocenters. The Labute approximate surface area is 146 Å². The number of benzene rings is 1. The van der Waals surface area contributed by atoms with Gasteiger partial charge in [0.1, 0.15) is 5.52 Å². The average molecular weight is 366 g/mol. The summed E-state index contributed by atoms with van der Waals surface area (Å²) >= 11 is 0. The second kappa shape index (κ2) is 7.19. The van der Waals surface area contributed by atoms with Crippen LogP contribution in [0.4, 0.5) is 13.2 Å². The molecule has 0 amide bonds. The highest BCUT2D eigenvalue weighted by atomic mass is 19.4. The van der Waals surface area contributed by atoms with Crippen molar-refractivity contribution in [2.24, 2.45) is 0 Å². The van der Waals surface area contributed by atoms with E-state index < -0.39 is 17.4 Å². The monoisotopic (exact) mass is 366 g/mol. The minimum absolute atomic E-state index is 0.0857. The summed E-state index contributed by atoms with van der Waals surface area (Å²) in [6.07, 6.45) is -1.12. The van der Waals surface area contributed by atoms with Crippen LogP contribution in [0.5, 0.6) is 6.01 Å². The number of fused-ring (bicyclic) bond motifs is 1. The highest BCUT2D eigenvalue weighted by Crippen LogP contribution is 2.29. The molecule has 138 valence electrons. The average Bonchev–Trinajstić information content (AvgIpc) is 2.90. The lowest BCUT2D eigenvalue weighted by Gasteiger charge is -2.08. The lowest BCUT2D eigenvalue weighted by Crippen LogP contribution is -2.18. The number of unbranched alkanes of at least 4 members (excludes halogenated alkanes) is 1. The minimum Gasteiger partial charge on any atom is -0.463 e. The van der Waals surface area contributed by atoms with Crippen molar-refractivity contribution in [1.29, 1.82) is 0 Å². The molecule has 1 N–H and O–H groups in total. The van der Waals surface area contributed by atoms with Crippen LogP contribution in [0.25, 0.3) is 11.2 Å². The molecule has 9 heteroatoms. The van der Waals surface area contributed by atoms with Gasteiger partial charge in [0.25, 0.3) is 0 Å². The van der Waals surface area contributed by atoms with E-state index in [0.717, 1.165) is 25.0 Å². The number of imidazole rings is 1. The lowest BCUT2D eigenvalue weighted by molar-refractivity contribution is -0.137. The van der Waals surface area contributed by atoms with E-state index in [9.17, 15) is 18.0 Å². The Bertz CT molecular complexity index is 945. The van der Waals surface area contributed by atoms with Crippen molar-refractivity contribution in [2.45, 2.75) is 32.5 Å². The predicted octanol–water partition coefficient (Wildman–Crippen LogP) is 3.37. The Morgan fingerprint density at radius 2 is 1.96 bits per heavy atom. The van der Waals surface area contributed by atoms with Crippen molar-refractivity contribution < 1.29 is 17.9 Å². The number of nitrogens with zero attached hydrogens (tertiary/aromatic N) is 3. The molecule has 0 aliphatic carbocycles. The molecule has 6 nitrogen and oxygen atoms in total. The Kier molecular flexibility index (Phi) is 4.97. The molecule has 0 saturated heterocycles. The fourth-order valence-electron chi connectivity index (χ4n) is 2.44. The van der Waals surface area contributed by atoms with Crippen LogP contribution in [0.3, 0.4) is 0 Å². The van der Waals surface area contributed by atoms with Crippen molar-refractivity contribution in [3.05, 3.63) is 52.1 Å². The summed E-state index contributed by atoms with van der Waals surface area (Å²) in [6, 6.07) is 4.82. The van der Waals surface area contributed by atoms with E-state index in [1.165, 1.54) is 22.9 Å². The standard InChI is InChI=1S/C17H17F3N4O2/c1-2-3-8-26-15-21-9-13-14(23-15)24(16(25)22-13)10-11-4-6-12(7-5-11)17(18,19)20/h4-7,9H,2-3,8,10H2,1H3,(H,22,25). The zero-order chi connectivity index (χ0) is 18.7. The first-order valence-electron chi connectivity index (χ1n) is 8.13. The van der Waals surface area contributed by atoms with Gasteiger partial charge in [0.2, 0.25) is 0 Å². The van der Waals surface area contributed by atoms with E-state index >= 15 is 0 Å². The molecule has 0 spiro atoms. The topological polar surface area (TPSA) is 72.8 Å². The number of H-pyrrole nitrogens is 1. The Hall–Kier alpha value is -2.84. The smallest absolute Gasteiger partial charge is 0.416 e. The van der Waals surface area contributed by atoms with Crippen molar-refractivity contribution in [2.75, 3.05) is 6.61 Å². The quantitative estimate of drug-likeness (QED) is 0.679. The van der Waals surface area contributed by atoms with Gasteiger partial charge in [-0.1, -0.05) is 25.5 Å². The van der Waals surface area contributed by atoms with Crippen molar-refractivity contribution >= 4 is 11.2 Å². The maximum atomic E-state index is 12.7. The Morgan fingerprint density at radius 3 is 2.62 bits per heavy atom. The molecule has 0 bridgehead atoms. The number of hydrogen-bond acceptors (Lipinski definition) is 4. The second-order valence-corrected chi connectivity index (χ2v) is 5.80. The third-order valence-corrected chi connectivity index (χ3v) is 3.84. The van der Waals surface area contributed by atoms with Crippen LogP contribution in [0.15, 0.2) is 35.3 Å². The molecule has 0 aliphatic heterocycles. The molecular formula is C17H17F3N4O2. The zero-order valence-electron chi connectivity index (χ0n) is 14.0. The number of aromatic nitrogens is 4. The second-order valence-electron chi connectivity index (χ2n) is 5.80. The molecule has 2 aromatic heterocycles.